The molecule has 0 saturated carbocycles. The first-order valence-electron chi connectivity index (χ1n) is 7.46. The van der Waals surface area contributed by atoms with Crippen LogP contribution in [0.2, 0.25) is 5.02 Å². The molecule has 0 radical (unpaired) electrons. The van der Waals surface area contributed by atoms with Gasteiger partial charge in [-0.3, -0.25) is 4.79 Å². The van der Waals surface area contributed by atoms with Crippen molar-refractivity contribution in [3.05, 3.63) is 77.3 Å². The van der Waals surface area contributed by atoms with Crippen LogP contribution in [-0.4, -0.2) is 15.7 Å². The first-order valence-corrected chi connectivity index (χ1v) is 7.83. The number of carbonyl (C=O) groups excluding carboxylic acids is 1. The lowest BCUT2D eigenvalue weighted by molar-refractivity contribution is -0.116. The van der Waals surface area contributed by atoms with Gasteiger partial charge in [-0.1, -0.05) is 29.8 Å². The molecule has 3 rings (SSSR count). The standard InChI is InChI=1S/C18H15ClFN3O/c19-14-7-8-17(16(20)10-14)22-18(24)9-6-13-11-21-23(12-13)15-4-2-1-3-5-15/h1-5,7-8,10-12H,6,9H2,(H,22,24). The first kappa shape index (κ1) is 16.2. The van der Waals surface area contributed by atoms with Gasteiger partial charge < -0.3 is 5.32 Å². The van der Waals surface area contributed by atoms with Crippen LogP contribution in [-0.2, 0) is 11.2 Å². The van der Waals surface area contributed by atoms with Crippen LogP contribution in [0, 0.1) is 5.82 Å². The lowest BCUT2D eigenvalue weighted by atomic mass is 10.2. The number of aryl methyl sites for hydroxylation is 1. The van der Waals surface area contributed by atoms with Crippen molar-refractivity contribution in [1.29, 1.82) is 0 Å². The Morgan fingerprint density at radius 3 is 2.75 bits per heavy atom. The average Bonchev–Trinajstić information content (AvgIpc) is 3.05. The van der Waals surface area contributed by atoms with Crippen molar-refractivity contribution < 1.29 is 9.18 Å². The second kappa shape index (κ2) is 7.27. The van der Waals surface area contributed by atoms with Crippen molar-refractivity contribution in [1.82, 2.24) is 9.78 Å². The zero-order valence-corrected chi connectivity index (χ0v) is 13.5. The molecule has 1 amide bonds. The molecule has 3 aromatic rings. The summed E-state index contributed by atoms with van der Waals surface area (Å²) in [6, 6.07) is 13.9. The minimum atomic E-state index is -0.548. The number of nitrogens with zero attached hydrogens (tertiary/aromatic N) is 2. The molecule has 0 spiro atoms. The number of halogens is 2. The lowest BCUT2D eigenvalue weighted by Crippen LogP contribution is -2.13. The highest BCUT2D eigenvalue weighted by Crippen LogP contribution is 2.19. The summed E-state index contributed by atoms with van der Waals surface area (Å²) in [6.07, 6.45) is 4.37. The SMILES string of the molecule is O=C(CCc1cnn(-c2ccccc2)c1)Nc1ccc(Cl)cc1F. The summed E-state index contributed by atoms with van der Waals surface area (Å²) in [5.41, 5.74) is 2.02. The summed E-state index contributed by atoms with van der Waals surface area (Å²) in [6.45, 7) is 0. The van der Waals surface area contributed by atoms with E-state index in [-0.39, 0.29) is 18.0 Å². The zero-order valence-electron chi connectivity index (χ0n) is 12.7. The molecule has 1 aromatic heterocycles. The van der Waals surface area contributed by atoms with Gasteiger partial charge in [0.05, 0.1) is 17.6 Å². The topological polar surface area (TPSA) is 46.9 Å². The third-order valence-electron chi connectivity index (χ3n) is 3.50. The Kier molecular flexibility index (Phi) is 4.91. The lowest BCUT2D eigenvalue weighted by Gasteiger charge is -2.06. The molecule has 0 atom stereocenters. The van der Waals surface area contributed by atoms with Crippen LogP contribution in [0.3, 0.4) is 0 Å². The molecule has 0 aliphatic carbocycles. The summed E-state index contributed by atoms with van der Waals surface area (Å²) in [4.78, 5) is 12.0. The normalized spacial score (nSPS) is 10.6. The molecular formula is C18H15ClFN3O. The zero-order chi connectivity index (χ0) is 16.9. The molecule has 1 heterocycles. The molecule has 4 nitrogen and oxygen atoms in total. The minimum Gasteiger partial charge on any atom is -0.324 e. The number of aromatic nitrogens is 2. The molecule has 1 N–H and O–H groups in total. The number of benzene rings is 2. The van der Waals surface area contributed by atoms with E-state index < -0.39 is 5.82 Å². The van der Waals surface area contributed by atoms with Crippen molar-refractivity contribution in [2.75, 3.05) is 5.32 Å². The average molecular weight is 344 g/mol. The van der Waals surface area contributed by atoms with Gasteiger partial charge in [0.25, 0.3) is 0 Å². The van der Waals surface area contributed by atoms with Gasteiger partial charge in [0.2, 0.25) is 5.91 Å². The Morgan fingerprint density at radius 1 is 1.21 bits per heavy atom. The van der Waals surface area contributed by atoms with E-state index in [2.05, 4.69) is 10.4 Å². The van der Waals surface area contributed by atoms with Gasteiger partial charge in [-0.2, -0.15) is 5.10 Å². The predicted molar refractivity (Wildman–Crippen MR) is 91.9 cm³/mol. The van der Waals surface area contributed by atoms with E-state index >= 15 is 0 Å². The number of nitrogens with one attached hydrogen (secondary N) is 1. The Bertz CT molecular complexity index is 848. The Labute approximate surface area is 143 Å². The van der Waals surface area contributed by atoms with Gasteiger partial charge in [0.15, 0.2) is 0 Å². The molecule has 0 unspecified atom stereocenters. The van der Waals surface area contributed by atoms with Crippen LogP contribution >= 0.6 is 11.6 Å². The summed E-state index contributed by atoms with van der Waals surface area (Å²) >= 11 is 5.69. The van der Waals surface area contributed by atoms with E-state index in [1.165, 1.54) is 18.2 Å². The van der Waals surface area contributed by atoms with Crippen LogP contribution in [0.1, 0.15) is 12.0 Å². The van der Waals surface area contributed by atoms with Gasteiger partial charge in [0, 0.05) is 17.6 Å². The van der Waals surface area contributed by atoms with Gasteiger partial charge in [-0.15, -0.1) is 0 Å². The fourth-order valence-corrected chi connectivity index (χ4v) is 2.43. The summed E-state index contributed by atoms with van der Waals surface area (Å²) in [5, 5.41) is 7.12. The van der Waals surface area contributed by atoms with Crippen LogP contribution in [0.5, 0.6) is 0 Å². The highest BCUT2D eigenvalue weighted by Gasteiger charge is 2.09. The third-order valence-corrected chi connectivity index (χ3v) is 3.74. The number of hydrogen-bond donors (Lipinski definition) is 1. The Morgan fingerprint density at radius 2 is 2.00 bits per heavy atom. The van der Waals surface area contributed by atoms with Crippen molar-refractivity contribution >= 4 is 23.2 Å². The van der Waals surface area contributed by atoms with Gasteiger partial charge in [0.1, 0.15) is 5.82 Å². The third kappa shape index (κ3) is 4.00. The van der Waals surface area contributed by atoms with E-state index in [1.54, 1.807) is 10.9 Å². The number of rotatable bonds is 5. The molecule has 0 saturated heterocycles. The van der Waals surface area contributed by atoms with Crippen molar-refractivity contribution in [3.63, 3.8) is 0 Å². The number of amides is 1. The minimum absolute atomic E-state index is 0.129. The van der Waals surface area contributed by atoms with Crippen molar-refractivity contribution in [3.8, 4) is 5.69 Å². The maximum Gasteiger partial charge on any atom is 0.224 e. The number of para-hydroxylation sites is 1. The highest BCUT2D eigenvalue weighted by molar-refractivity contribution is 6.30. The van der Waals surface area contributed by atoms with Gasteiger partial charge >= 0.3 is 0 Å². The summed E-state index contributed by atoms with van der Waals surface area (Å²) in [7, 11) is 0. The molecule has 6 heteroatoms. The highest BCUT2D eigenvalue weighted by atomic mass is 35.5. The van der Waals surface area contributed by atoms with Crippen LogP contribution in [0.15, 0.2) is 60.9 Å². The van der Waals surface area contributed by atoms with E-state index in [9.17, 15) is 9.18 Å². The van der Waals surface area contributed by atoms with E-state index in [4.69, 9.17) is 11.6 Å². The Balaban J connectivity index is 1.58. The fourth-order valence-electron chi connectivity index (χ4n) is 2.27. The van der Waals surface area contributed by atoms with E-state index in [0.717, 1.165) is 11.3 Å². The second-order valence-electron chi connectivity index (χ2n) is 5.30. The largest absolute Gasteiger partial charge is 0.324 e. The van der Waals surface area contributed by atoms with E-state index in [0.29, 0.717) is 11.4 Å². The van der Waals surface area contributed by atoms with Crippen molar-refractivity contribution in [2.24, 2.45) is 0 Å². The van der Waals surface area contributed by atoms with Crippen molar-refractivity contribution in [2.45, 2.75) is 12.8 Å². The quantitative estimate of drug-likeness (QED) is 0.753. The second-order valence-corrected chi connectivity index (χ2v) is 5.74. The molecule has 0 bridgehead atoms. The fraction of sp³-hybridized carbons (Fsp3) is 0.111. The van der Waals surface area contributed by atoms with Crippen LogP contribution in [0.4, 0.5) is 10.1 Å². The monoisotopic (exact) mass is 343 g/mol. The predicted octanol–water partition coefficient (Wildman–Crippen LogP) is 4.24. The summed E-state index contributed by atoms with van der Waals surface area (Å²) in [5.74, 6) is -0.809. The molecule has 0 fully saturated rings. The molecule has 0 aliphatic heterocycles. The molecular weight excluding hydrogens is 329 g/mol. The van der Waals surface area contributed by atoms with Gasteiger partial charge in [-0.25, -0.2) is 9.07 Å². The maximum atomic E-state index is 13.7. The van der Waals surface area contributed by atoms with E-state index in [1.807, 2.05) is 36.5 Å². The number of carbonyl (C=O) groups is 1. The number of anilines is 1. The van der Waals surface area contributed by atoms with Gasteiger partial charge in [-0.05, 0) is 42.3 Å². The smallest absolute Gasteiger partial charge is 0.224 e. The Hall–Kier alpha value is -2.66. The molecule has 24 heavy (non-hydrogen) atoms. The first-order chi connectivity index (χ1) is 11.6. The maximum absolute atomic E-state index is 13.7. The molecule has 122 valence electrons. The molecule has 0 aliphatic rings. The summed E-state index contributed by atoms with van der Waals surface area (Å²) < 4.78 is 15.4. The number of hydrogen-bond acceptors (Lipinski definition) is 2. The molecule has 2 aromatic carbocycles. The van der Waals surface area contributed by atoms with Crippen LogP contribution in [0.25, 0.3) is 5.69 Å². The van der Waals surface area contributed by atoms with Crippen LogP contribution < -0.4 is 5.32 Å².